The van der Waals surface area contributed by atoms with Gasteiger partial charge in [-0.15, -0.1) is 0 Å². The number of fused-ring (bicyclic) bond motifs is 1. The highest BCUT2D eigenvalue weighted by molar-refractivity contribution is 7.92. The summed E-state index contributed by atoms with van der Waals surface area (Å²) in [5.41, 5.74) is 3.01. The monoisotopic (exact) mass is 385 g/mol. The number of rotatable bonds is 6. The second-order valence-corrected chi connectivity index (χ2v) is 8.35. The molecule has 6 heteroatoms. The third-order valence-electron chi connectivity index (χ3n) is 4.61. The van der Waals surface area contributed by atoms with Crippen LogP contribution in [0.15, 0.2) is 53.9 Å². The number of ether oxygens (including phenoxy) is 1. The zero-order valence-corrected chi connectivity index (χ0v) is 16.0. The summed E-state index contributed by atoms with van der Waals surface area (Å²) < 4.78 is 32.4. The number of nitrogens with one attached hydrogen (secondary N) is 1. The maximum atomic E-state index is 12.2. The van der Waals surface area contributed by atoms with E-state index in [-0.39, 0.29) is 11.9 Å². The summed E-state index contributed by atoms with van der Waals surface area (Å²) in [5, 5.41) is 1.21. The van der Waals surface area contributed by atoms with Crippen LogP contribution < -0.4 is 9.46 Å². The largest absolute Gasteiger partial charge is 0.426 e. The van der Waals surface area contributed by atoms with Crippen LogP contribution in [0.1, 0.15) is 30.0 Å². The minimum Gasteiger partial charge on any atom is -0.426 e. The van der Waals surface area contributed by atoms with Gasteiger partial charge in [0.15, 0.2) is 0 Å². The molecule has 2 aromatic carbocycles. The van der Waals surface area contributed by atoms with Crippen LogP contribution in [0.25, 0.3) is 6.08 Å². The lowest BCUT2D eigenvalue weighted by Crippen LogP contribution is -2.31. The van der Waals surface area contributed by atoms with E-state index in [0.717, 1.165) is 36.0 Å². The molecular weight excluding hydrogens is 362 g/mol. The van der Waals surface area contributed by atoms with Crippen molar-refractivity contribution >= 4 is 22.1 Å². The molecule has 0 spiro atoms. The topological polar surface area (TPSA) is 72.5 Å². The second kappa shape index (κ2) is 8.50. The van der Waals surface area contributed by atoms with E-state index in [4.69, 9.17) is 4.74 Å². The van der Waals surface area contributed by atoms with Crippen LogP contribution >= 0.6 is 0 Å². The maximum absolute atomic E-state index is 12.2. The zero-order valence-electron chi connectivity index (χ0n) is 15.2. The van der Waals surface area contributed by atoms with Crippen LogP contribution in [0.4, 0.5) is 0 Å². The van der Waals surface area contributed by atoms with Crippen LogP contribution in [-0.2, 0) is 27.7 Å². The molecule has 0 amide bonds. The number of benzene rings is 2. The fraction of sp³-hybridized carbons (Fsp3) is 0.286. The Balaban J connectivity index is 1.60. The summed E-state index contributed by atoms with van der Waals surface area (Å²) in [6.45, 7) is 1.78. The number of hydrogen-bond acceptors (Lipinski definition) is 4. The van der Waals surface area contributed by atoms with E-state index >= 15 is 0 Å². The second-order valence-electron chi connectivity index (χ2n) is 6.70. The van der Waals surface area contributed by atoms with E-state index in [1.54, 1.807) is 12.1 Å². The lowest BCUT2D eigenvalue weighted by Gasteiger charge is -2.25. The molecule has 0 radical (unpaired) electrons. The van der Waals surface area contributed by atoms with Crippen molar-refractivity contribution in [2.45, 2.75) is 26.2 Å². The van der Waals surface area contributed by atoms with Gasteiger partial charge in [0.25, 0.3) is 0 Å². The Morgan fingerprint density at radius 2 is 1.96 bits per heavy atom. The van der Waals surface area contributed by atoms with E-state index in [1.807, 2.05) is 42.5 Å². The smallest absolute Gasteiger partial charge is 0.308 e. The summed E-state index contributed by atoms with van der Waals surface area (Å²) in [4.78, 5) is 11.2. The number of esters is 1. The highest BCUT2D eigenvalue weighted by Crippen LogP contribution is 2.32. The zero-order chi connectivity index (χ0) is 19.3. The van der Waals surface area contributed by atoms with E-state index in [2.05, 4.69) is 4.72 Å². The Bertz CT molecular complexity index is 936. The molecule has 3 rings (SSSR count). The average Bonchev–Trinajstić information content (AvgIpc) is 2.65. The highest BCUT2D eigenvalue weighted by atomic mass is 32.2. The van der Waals surface area contributed by atoms with Gasteiger partial charge in [-0.05, 0) is 54.0 Å². The van der Waals surface area contributed by atoms with Crippen molar-refractivity contribution in [2.24, 2.45) is 5.92 Å². The van der Waals surface area contributed by atoms with Crippen LogP contribution in [0, 0.1) is 5.92 Å². The van der Waals surface area contributed by atoms with Gasteiger partial charge in [-0.1, -0.05) is 42.5 Å². The predicted molar refractivity (Wildman–Crippen MR) is 106 cm³/mol. The highest BCUT2D eigenvalue weighted by Gasteiger charge is 2.22. The van der Waals surface area contributed by atoms with Crippen molar-refractivity contribution in [3.05, 3.63) is 70.6 Å². The Hall–Kier alpha value is -2.44. The molecule has 0 saturated carbocycles. The van der Waals surface area contributed by atoms with Gasteiger partial charge < -0.3 is 4.74 Å². The van der Waals surface area contributed by atoms with Crippen molar-refractivity contribution in [1.82, 2.24) is 4.72 Å². The first-order valence-corrected chi connectivity index (χ1v) is 10.5. The van der Waals surface area contributed by atoms with E-state index < -0.39 is 10.0 Å². The maximum Gasteiger partial charge on any atom is 0.308 e. The van der Waals surface area contributed by atoms with Crippen molar-refractivity contribution in [3.8, 4) is 5.75 Å². The van der Waals surface area contributed by atoms with Gasteiger partial charge in [-0.25, -0.2) is 13.1 Å². The number of carbonyl (C=O) groups excluding carboxylic acids is 1. The lowest BCUT2D eigenvalue weighted by atomic mass is 9.83. The molecule has 0 fully saturated rings. The third kappa shape index (κ3) is 5.52. The Kier molecular flexibility index (Phi) is 6.08. The molecule has 27 heavy (non-hydrogen) atoms. The van der Waals surface area contributed by atoms with Crippen molar-refractivity contribution in [3.63, 3.8) is 0 Å². The molecule has 1 aliphatic carbocycles. The van der Waals surface area contributed by atoms with Gasteiger partial charge in [0, 0.05) is 18.9 Å². The molecule has 142 valence electrons. The fourth-order valence-electron chi connectivity index (χ4n) is 3.29. The summed E-state index contributed by atoms with van der Waals surface area (Å²) in [6, 6.07) is 15.0. The third-order valence-corrected chi connectivity index (χ3v) is 5.67. The number of hydrogen-bond donors (Lipinski definition) is 1. The number of sulfonamides is 1. The van der Waals surface area contributed by atoms with Gasteiger partial charge in [0.2, 0.25) is 10.0 Å². The average molecular weight is 385 g/mol. The summed E-state index contributed by atoms with van der Waals surface area (Å²) in [6.07, 6.45) is 3.96. The van der Waals surface area contributed by atoms with E-state index in [0.29, 0.717) is 12.3 Å². The van der Waals surface area contributed by atoms with Crippen molar-refractivity contribution in [1.29, 1.82) is 0 Å². The quantitative estimate of drug-likeness (QED) is 0.612. The molecule has 1 N–H and O–H groups in total. The number of carbonyl (C=O) groups is 1. The molecule has 5 nitrogen and oxygen atoms in total. The lowest BCUT2D eigenvalue weighted by molar-refractivity contribution is -0.131. The van der Waals surface area contributed by atoms with Crippen LogP contribution in [0.5, 0.6) is 5.75 Å². The van der Waals surface area contributed by atoms with Gasteiger partial charge in [-0.2, -0.15) is 0 Å². The first-order chi connectivity index (χ1) is 12.9. The van der Waals surface area contributed by atoms with Crippen molar-refractivity contribution in [2.75, 3.05) is 6.54 Å². The van der Waals surface area contributed by atoms with Crippen LogP contribution in [-0.4, -0.2) is 20.9 Å². The Morgan fingerprint density at radius 1 is 1.19 bits per heavy atom. The molecule has 0 aromatic heterocycles. The minimum atomic E-state index is -3.48. The van der Waals surface area contributed by atoms with Gasteiger partial charge in [0.05, 0.1) is 0 Å². The van der Waals surface area contributed by atoms with Crippen molar-refractivity contribution < 1.29 is 17.9 Å². The SMILES string of the molecule is CC(=O)Oc1cccc2c1CCC(CNS(=O)(=O)C=Cc1ccccc1)C2. The normalized spacial score (nSPS) is 16.9. The van der Waals surface area contributed by atoms with E-state index in [1.165, 1.54) is 12.3 Å². The minimum absolute atomic E-state index is 0.213. The summed E-state index contributed by atoms with van der Waals surface area (Å²) in [5.74, 6) is 0.498. The Morgan fingerprint density at radius 3 is 2.70 bits per heavy atom. The standard InChI is InChI=1S/C21H23NO4S/c1-16(23)26-21-9-5-8-19-14-18(10-11-20(19)21)15-22-27(24,25)13-12-17-6-3-2-4-7-17/h2-9,12-13,18,22H,10-11,14-15H2,1H3. The Labute approximate surface area is 160 Å². The van der Waals surface area contributed by atoms with Gasteiger partial charge in [0.1, 0.15) is 5.75 Å². The molecule has 0 saturated heterocycles. The summed E-state index contributed by atoms with van der Waals surface area (Å²) in [7, 11) is -3.48. The molecular formula is C21H23NO4S. The van der Waals surface area contributed by atoms with Crippen LogP contribution in [0.2, 0.25) is 0 Å². The van der Waals surface area contributed by atoms with Gasteiger partial charge >= 0.3 is 5.97 Å². The fourth-order valence-corrected chi connectivity index (χ4v) is 4.19. The van der Waals surface area contributed by atoms with Gasteiger partial charge in [-0.3, -0.25) is 4.79 Å². The molecule has 0 bridgehead atoms. The molecule has 1 unspecified atom stereocenters. The first-order valence-electron chi connectivity index (χ1n) is 8.95. The predicted octanol–water partition coefficient (Wildman–Crippen LogP) is 3.31. The molecule has 1 atom stereocenters. The molecule has 0 aliphatic heterocycles. The molecule has 1 aliphatic rings. The first kappa shape index (κ1) is 19.3. The van der Waals surface area contributed by atoms with E-state index in [9.17, 15) is 13.2 Å². The molecule has 0 heterocycles. The summed E-state index contributed by atoms with van der Waals surface area (Å²) >= 11 is 0. The molecule has 2 aromatic rings. The van der Waals surface area contributed by atoms with Crippen LogP contribution in [0.3, 0.4) is 0 Å².